The van der Waals surface area contributed by atoms with Gasteiger partial charge in [-0.2, -0.15) is 0 Å². The molecule has 0 aliphatic carbocycles. The highest BCUT2D eigenvalue weighted by molar-refractivity contribution is 5.25. The molecule has 0 spiro atoms. The number of benzene rings is 1. The molecule has 1 atom stereocenters. The molecule has 0 saturated heterocycles. The van der Waals surface area contributed by atoms with Gasteiger partial charge in [0.25, 0.3) is 0 Å². The molecule has 0 fully saturated rings. The molecule has 1 rings (SSSR count). The largest absolute Gasteiger partial charge is 0.394 e. The molecule has 0 saturated carbocycles. The van der Waals surface area contributed by atoms with E-state index >= 15 is 0 Å². The minimum atomic E-state index is 0.0901. The van der Waals surface area contributed by atoms with E-state index < -0.39 is 0 Å². The van der Waals surface area contributed by atoms with E-state index in [9.17, 15) is 0 Å². The Bertz CT molecular complexity index is 335. The van der Waals surface area contributed by atoms with Crippen molar-refractivity contribution in [1.82, 2.24) is 5.32 Å². The molecule has 0 aromatic heterocycles. The minimum Gasteiger partial charge on any atom is -0.394 e. The van der Waals surface area contributed by atoms with Crippen molar-refractivity contribution in [3.63, 3.8) is 0 Å². The third-order valence-electron chi connectivity index (χ3n) is 3.06. The molecule has 19 heavy (non-hydrogen) atoms. The summed E-state index contributed by atoms with van der Waals surface area (Å²) in [4.78, 5) is 0. The molecule has 0 heterocycles. The van der Waals surface area contributed by atoms with Gasteiger partial charge in [-0.15, -0.1) is 0 Å². The normalized spacial score (nSPS) is 12.9. The van der Waals surface area contributed by atoms with Gasteiger partial charge in [0.1, 0.15) is 0 Å². The van der Waals surface area contributed by atoms with Crippen LogP contribution in [0.1, 0.15) is 37.9 Å². The van der Waals surface area contributed by atoms with Crippen LogP contribution in [0.3, 0.4) is 0 Å². The van der Waals surface area contributed by atoms with Gasteiger partial charge in [-0.25, -0.2) is 0 Å². The predicted molar refractivity (Wildman–Crippen MR) is 79.3 cm³/mol. The lowest BCUT2D eigenvalue weighted by Crippen LogP contribution is -2.23. The van der Waals surface area contributed by atoms with Gasteiger partial charge in [0, 0.05) is 12.6 Å². The highest BCUT2D eigenvalue weighted by Gasteiger charge is 2.05. The molecule has 1 unspecified atom stereocenters. The number of aliphatic hydroxyl groups excluding tert-OH is 1. The van der Waals surface area contributed by atoms with Crippen LogP contribution < -0.4 is 5.32 Å². The summed E-state index contributed by atoms with van der Waals surface area (Å²) >= 11 is 0. The molecule has 1 aromatic rings. The van der Waals surface area contributed by atoms with E-state index in [1.54, 1.807) is 0 Å². The molecule has 0 radical (unpaired) electrons. The highest BCUT2D eigenvalue weighted by atomic mass is 16.5. The van der Waals surface area contributed by atoms with Crippen molar-refractivity contribution in [3.05, 3.63) is 35.4 Å². The summed E-state index contributed by atoms with van der Waals surface area (Å²) in [6.07, 6.45) is 1.14. The van der Waals surface area contributed by atoms with Crippen LogP contribution in [0, 0.1) is 5.92 Å². The molecule has 0 aliphatic rings. The number of hydrogen-bond acceptors (Lipinski definition) is 3. The van der Waals surface area contributed by atoms with Crippen molar-refractivity contribution >= 4 is 0 Å². The monoisotopic (exact) mass is 265 g/mol. The van der Waals surface area contributed by atoms with Crippen molar-refractivity contribution in [1.29, 1.82) is 0 Å². The van der Waals surface area contributed by atoms with Crippen molar-refractivity contribution in [2.75, 3.05) is 26.4 Å². The highest BCUT2D eigenvalue weighted by Crippen LogP contribution is 2.15. The van der Waals surface area contributed by atoms with Crippen LogP contribution in [0.25, 0.3) is 0 Å². The van der Waals surface area contributed by atoms with E-state index in [4.69, 9.17) is 9.84 Å². The average molecular weight is 265 g/mol. The SMILES string of the molecule is CC(C)Cc1ccc(C(C)NCCOCCO)cc1. The molecule has 3 nitrogen and oxygen atoms in total. The lowest BCUT2D eigenvalue weighted by atomic mass is 10.00. The topological polar surface area (TPSA) is 41.5 Å². The Morgan fingerprint density at radius 3 is 2.37 bits per heavy atom. The minimum absolute atomic E-state index is 0.0901. The molecule has 0 bridgehead atoms. The van der Waals surface area contributed by atoms with Crippen LogP contribution in [0.4, 0.5) is 0 Å². The number of hydrogen-bond donors (Lipinski definition) is 2. The Morgan fingerprint density at radius 1 is 1.11 bits per heavy atom. The van der Waals surface area contributed by atoms with Gasteiger partial charge in [-0.1, -0.05) is 38.1 Å². The van der Waals surface area contributed by atoms with Gasteiger partial charge in [-0.05, 0) is 30.4 Å². The summed E-state index contributed by atoms with van der Waals surface area (Å²) in [7, 11) is 0. The van der Waals surface area contributed by atoms with Gasteiger partial charge in [0.15, 0.2) is 0 Å². The first kappa shape index (κ1) is 16.2. The van der Waals surface area contributed by atoms with Gasteiger partial charge < -0.3 is 15.2 Å². The van der Waals surface area contributed by atoms with Crippen LogP contribution in [-0.2, 0) is 11.2 Å². The van der Waals surface area contributed by atoms with E-state index in [1.807, 2.05) is 0 Å². The van der Waals surface area contributed by atoms with Gasteiger partial charge in [0.2, 0.25) is 0 Å². The predicted octanol–water partition coefficient (Wildman–Crippen LogP) is 2.54. The molecule has 3 heteroatoms. The lowest BCUT2D eigenvalue weighted by Gasteiger charge is -2.15. The van der Waals surface area contributed by atoms with Crippen molar-refractivity contribution in [3.8, 4) is 0 Å². The summed E-state index contributed by atoms with van der Waals surface area (Å²) in [5.74, 6) is 0.699. The third-order valence-corrected chi connectivity index (χ3v) is 3.06. The standard InChI is InChI=1S/C16H27NO2/c1-13(2)12-15-4-6-16(7-5-15)14(3)17-8-10-19-11-9-18/h4-7,13-14,17-18H,8-12H2,1-3H3. The summed E-state index contributed by atoms with van der Waals surface area (Å²) in [5, 5.41) is 12.0. The second-order valence-corrected chi connectivity index (χ2v) is 5.35. The fraction of sp³-hybridized carbons (Fsp3) is 0.625. The van der Waals surface area contributed by atoms with E-state index in [1.165, 1.54) is 11.1 Å². The van der Waals surface area contributed by atoms with Gasteiger partial charge >= 0.3 is 0 Å². The Morgan fingerprint density at radius 2 is 1.79 bits per heavy atom. The van der Waals surface area contributed by atoms with E-state index in [2.05, 4.69) is 50.4 Å². The van der Waals surface area contributed by atoms with Crippen molar-refractivity contribution in [2.45, 2.75) is 33.2 Å². The van der Waals surface area contributed by atoms with Gasteiger partial charge in [0.05, 0.1) is 19.8 Å². The molecule has 0 amide bonds. The fourth-order valence-electron chi connectivity index (χ4n) is 2.05. The molecule has 108 valence electrons. The van der Waals surface area contributed by atoms with Gasteiger partial charge in [-0.3, -0.25) is 0 Å². The average Bonchev–Trinajstić information content (AvgIpc) is 2.38. The molecule has 1 aromatic carbocycles. The molecular formula is C16H27NO2. The summed E-state index contributed by atoms with van der Waals surface area (Å²) < 4.78 is 5.22. The maximum Gasteiger partial charge on any atom is 0.0698 e. The second-order valence-electron chi connectivity index (χ2n) is 5.35. The maximum atomic E-state index is 8.60. The Balaban J connectivity index is 2.33. The summed E-state index contributed by atoms with van der Waals surface area (Å²) in [6, 6.07) is 9.16. The lowest BCUT2D eigenvalue weighted by molar-refractivity contribution is 0.0928. The third kappa shape index (κ3) is 6.71. The van der Waals surface area contributed by atoms with Crippen molar-refractivity contribution in [2.24, 2.45) is 5.92 Å². The Labute approximate surface area is 117 Å². The quantitative estimate of drug-likeness (QED) is 0.674. The maximum absolute atomic E-state index is 8.60. The number of rotatable bonds is 9. The second kappa shape index (κ2) is 9.08. The van der Waals surface area contributed by atoms with E-state index in [-0.39, 0.29) is 6.61 Å². The fourth-order valence-corrected chi connectivity index (χ4v) is 2.05. The van der Waals surface area contributed by atoms with Crippen LogP contribution >= 0.6 is 0 Å². The zero-order valence-electron chi connectivity index (χ0n) is 12.4. The number of ether oxygens (including phenoxy) is 1. The van der Waals surface area contributed by atoms with Crippen LogP contribution in [0.5, 0.6) is 0 Å². The first-order valence-electron chi connectivity index (χ1n) is 7.14. The van der Waals surface area contributed by atoms with E-state index in [0.29, 0.717) is 25.2 Å². The smallest absolute Gasteiger partial charge is 0.0698 e. The zero-order valence-corrected chi connectivity index (χ0v) is 12.4. The Kier molecular flexibility index (Phi) is 7.72. The molecule has 0 aliphatic heterocycles. The van der Waals surface area contributed by atoms with Crippen molar-refractivity contribution < 1.29 is 9.84 Å². The van der Waals surface area contributed by atoms with Crippen LogP contribution in [0.2, 0.25) is 0 Å². The first-order chi connectivity index (χ1) is 9.13. The summed E-state index contributed by atoms with van der Waals surface area (Å²) in [6.45, 7) is 8.58. The molecular weight excluding hydrogens is 238 g/mol. The van der Waals surface area contributed by atoms with E-state index in [0.717, 1.165) is 13.0 Å². The zero-order chi connectivity index (χ0) is 14.1. The Hall–Kier alpha value is -0.900. The number of nitrogens with one attached hydrogen (secondary N) is 1. The molecule has 2 N–H and O–H groups in total. The summed E-state index contributed by atoms with van der Waals surface area (Å²) in [5.41, 5.74) is 2.70. The number of aliphatic hydroxyl groups is 1. The van der Waals surface area contributed by atoms with Crippen LogP contribution in [-0.4, -0.2) is 31.5 Å². The first-order valence-corrected chi connectivity index (χ1v) is 7.14. The van der Waals surface area contributed by atoms with Crippen LogP contribution in [0.15, 0.2) is 24.3 Å².